The molecule has 0 aromatic carbocycles. The average molecular weight is 182 g/mol. The number of fused-ring (bicyclic) bond motifs is 2. The number of hydrogen-bond donors (Lipinski definition) is 0. The molecule has 0 amide bonds. The zero-order chi connectivity index (χ0) is 8.55. The summed E-state index contributed by atoms with van der Waals surface area (Å²) in [5.41, 5.74) is 0. The summed E-state index contributed by atoms with van der Waals surface area (Å²) in [5, 5.41) is 1.75. The molecular weight excluding hydrogens is 164 g/mol. The Morgan fingerprint density at radius 1 is 1.42 bits per heavy atom. The van der Waals surface area contributed by atoms with Gasteiger partial charge in [-0.15, -0.1) is 0 Å². The van der Waals surface area contributed by atoms with Crippen molar-refractivity contribution in [3.05, 3.63) is 11.3 Å². The van der Waals surface area contributed by atoms with Crippen LogP contribution < -0.4 is 0 Å². The third-order valence-corrected chi connectivity index (χ3v) is 6.74. The second-order valence-corrected chi connectivity index (χ2v) is 7.61. The first-order chi connectivity index (χ1) is 5.85. The lowest BCUT2D eigenvalue weighted by molar-refractivity contribution is 0.118. The second-order valence-electron chi connectivity index (χ2n) is 3.92. The lowest BCUT2D eigenvalue weighted by Gasteiger charge is -2.18. The van der Waals surface area contributed by atoms with E-state index in [0.717, 1.165) is 0 Å². The van der Waals surface area contributed by atoms with Crippen molar-refractivity contribution in [2.24, 2.45) is 0 Å². The van der Waals surface area contributed by atoms with Gasteiger partial charge in [0.1, 0.15) is 0 Å². The maximum absolute atomic E-state index is 5.81. The summed E-state index contributed by atoms with van der Waals surface area (Å²) in [5.74, 6) is 0. The molecule has 2 heteroatoms. The Morgan fingerprint density at radius 3 is 2.58 bits per heavy atom. The van der Waals surface area contributed by atoms with E-state index in [0.29, 0.717) is 12.2 Å². The number of rotatable bonds is 3. The Labute approximate surface area is 76.4 Å². The van der Waals surface area contributed by atoms with Gasteiger partial charge in [0.15, 0.2) is 0 Å². The third-order valence-electron chi connectivity index (χ3n) is 3.26. The predicted octanol–water partition coefficient (Wildman–Crippen LogP) is 2.28. The first kappa shape index (κ1) is 8.51. The highest BCUT2D eigenvalue weighted by molar-refractivity contribution is 6.67. The molecule has 2 bridgehead atoms. The smallest absolute Gasteiger partial charge is 0.0764 e. The van der Waals surface area contributed by atoms with Crippen LogP contribution in [0.3, 0.4) is 0 Å². The van der Waals surface area contributed by atoms with Crippen molar-refractivity contribution in [1.82, 2.24) is 0 Å². The van der Waals surface area contributed by atoms with Gasteiger partial charge in [0.2, 0.25) is 0 Å². The Bertz CT molecular complexity index is 196. The molecule has 0 N–H and O–H groups in total. The van der Waals surface area contributed by atoms with E-state index in [1.54, 1.807) is 5.20 Å². The molecule has 2 heterocycles. The van der Waals surface area contributed by atoms with E-state index in [-0.39, 0.29) is 0 Å². The fourth-order valence-corrected chi connectivity index (χ4v) is 5.29. The topological polar surface area (TPSA) is 9.23 Å². The maximum atomic E-state index is 5.81. The van der Waals surface area contributed by atoms with Crippen molar-refractivity contribution in [2.45, 2.75) is 51.0 Å². The normalized spacial score (nSPS) is 33.1. The summed E-state index contributed by atoms with van der Waals surface area (Å²) in [7, 11) is -0.554. The highest BCUT2D eigenvalue weighted by Crippen LogP contribution is 2.36. The Morgan fingerprint density at radius 2 is 2.17 bits per heavy atom. The van der Waals surface area contributed by atoms with Gasteiger partial charge in [-0.05, 0) is 12.8 Å². The van der Waals surface area contributed by atoms with E-state index in [1.807, 2.05) is 0 Å². The van der Waals surface area contributed by atoms with Gasteiger partial charge in [-0.2, -0.15) is 0 Å². The minimum atomic E-state index is -0.554. The summed E-state index contributed by atoms with van der Waals surface area (Å²) < 4.78 is 5.81. The number of hydrogen-bond acceptors (Lipinski definition) is 1. The summed E-state index contributed by atoms with van der Waals surface area (Å²) in [6, 6.07) is 2.82. The van der Waals surface area contributed by atoms with Gasteiger partial charge in [-0.1, -0.05) is 37.2 Å². The van der Waals surface area contributed by atoms with Crippen LogP contribution in [-0.2, 0) is 4.74 Å². The molecule has 1 saturated heterocycles. The minimum absolute atomic E-state index is 0.512. The van der Waals surface area contributed by atoms with Crippen molar-refractivity contribution in [2.75, 3.05) is 0 Å². The van der Waals surface area contributed by atoms with E-state index in [9.17, 15) is 0 Å². The van der Waals surface area contributed by atoms with Crippen LogP contribution in [-0.4, -0.2) is 21.0 Å². The molecule has 2 rings (SSSR count). The summed E-state index contributed by atoms with van der Waals surface area (Å²) in [6.45, 7) is 4.68. The molecule has 1 fully saturated rings. The van der Waals surface area contributed by atoms with Crippen LogP contribution in [0.2, 0.25) is 12.1 Å². The lowest BCUT2D eigenvalue weighted by Crippen LogP contribution is -2.22. The Balaban J connectivity index is 2.08. The largest absolute Gasteiger partial charge is 0.367 e. The van der Waals surface area contributed by atoms with Crippen LogP contribution in [0.25, 0.3) is 0 Å². The van der Waals surface area contributed by atoms with Gasteiger partial charge in [0, 0.05) is 0 Å². The molecule has 2 unspecified atom stereocenters. The SMILES string of the molecule is CC[SiH](CC)C1=CC2CCC1O2. The Kier molecular flexibility index (Phi) is 2.37. The summed E-state index contributed by atoms with van der Waals surface area (Å²) in [4.78, 5) is 0. The zero-order valence-corrected chi connectivity index (χ0v) is 9.20. The standard InChI is InChI=1S/C10H18OSi/c1-3-12(4-2)10-7-8-5-6-9(10)11-8/h7-9,12H,3-6H2,1-2H3. The van der Waals surface area contributed by atoms with Crippen molar-refractivity contribution in [1.29, 1.82) is 0 Å². The van der Waals surface area contributed by atoms with E-state index >= 15 is 0 Å². The second kappa shape index (κ2) is 3.34. The van der Waals surface area contributed by atoms with E-state index in [2.05, 4.69) is 19.9 Å². The van der Waals surface area contributed by atoms with Crippen LogP contribution in [0.1, 0.15) is 26.7 Å². The molecule has 12 heavy (non-hydrogen) atoms. The molecule has 68 valence electrons. The molecule has 2 aliphatic heterocycles. The van der Waals surface area contributed by atoms with Crippen LogP contribution in [0.5, 0.6) is 0 Å². The van der Waals surface area contributed by atoms with Crippen molar-refractivity contribution in [3.8, 4) is 0 Å². The maximum Gasteiger partial charge on any atom is 0.0764 e. The van der Waals surface area contributed by atoms with Crippen molar-refractivity contribution in [3.63, 3.8) is 0 Å². The van der Waals surface area contributed by atoms with Gasteiger partial charge in [0.05, 0.1) is 21.0 Å². The number of ether oxygens (including phenoxy) is 1. The molecule has 2 atom stereocenters. The van der Waals surface area contributed by atoms with E-state index < -0.39 is 8.80 Å². The van der Waals surface area contributed by atoms with Crippen LogP contribution >= 0.6 is 0 Å². The molecule has 0 aliphatic carbocycles. The van der Waals surface area contributed by atoms with Gasteiger partial charge in [-0.25, -0.2) is 0 Å². The van der Waals surface area contributed by atoms with Crippen LogP contribution in [0.15, 0.2) is 11.3 Å². The molecule has 0 aromatic rings. The quantitative estimate of drug-likeness (QED) is 0.608. The minimum Gasteiger partial charge on any atom is -0.367 e. The Hall–Kier alpha value is -0.0831. The molecule has 0 spiro atoms. The van der Waals surface area contributed by atoms with Crippen LogP contribution in [0.4, 0.5) is 0 Å². The fraction of sp³-hybridized carbons (Fsp3) is 0.800. The van der Waals surface area contributed by atoms with Gasteiger partial charge >= 0.3 is 0 Å². The van der Waals surface area contributed by atoms with Crippen LogP contribution in [0, 0.1) is 0 Å². The molecule has 0 aromatic heterocycles. The average Bonchev–Trinajstić information content (AvgIpc) is 2.67. The van der Waals surface area contributed by atoms with Crippen molar-refractivity contribution < 1.29 is 4.74 Å². The molecule has 0 saturated carbocycles. The first-order valence-corrected chi connectivity index (χ1v) is 7.43. The third kappa shape index (κ3) is 1.27. The molecular formula is C10H18OSi. The van der Waals surface area contributed by atoms with Gasteiger partial charge < -0.3 is 4.74 Å². The van der Waals surface area contributed by atoms with E-state index in [1.165, 1.54) is 24.9 Å². The molecule has 0 radical (unpaired) electrons. The predicted molar refractivity (Wildman–Crippen MR) is 54.1 cm³/mol. The first-order valence-electron chi connectivity index (χ1n) is 5.22. The van der Waals surface area contributed by atoms with Crippen molar-refractivity contribution >= 4 is 8.80 Å². The van der Waals surface area contributed by atoms with Gasteiger partial charge in [0.25, 0.3) is 0 Å². The molecule has 1 nitrogen and oxygen atoms in total. The van der Waals surface area contributed by atoms with Gasteiger partial charge in [-0.3, -0.25) is 0 Å². The fourth-order valence-electron chi connectivity index (χ4n) is 2.51. The highest BCUT2D eigenvalue weighted by Gasteiger charge is 2.36. The van der Waals surface area contributed by atoms with E-state index in [4.69, 9.17) is 4.74 Å². The molecule has 2 aliphatic rings. The monoisotopic (exact) mass is 182 g/mol. The summed E-state index contributed by atoms with van der Waals surface area (Å²) >= 11 is 0. The summed E-state index contributed by atoms with van der Waals surface area (Å²) in [6.07, 6.45) is 6.10. The lowest BCUT2D eigenvalue weighted by atomic mass is 10.1. The zero-order valence-electron chi connectivity index (χ0n) is 8.05. The highest BCUT2D eigenvalue weighted by atomic mass is 28.3.